The van der Waals surface area contributed by atoms with Crippen LogP contribution in [0.25, 0.3) is 0 Å². The summed E-state index contributed by atoms with van der Waals surface area (Å²) in [5.41, 5.74) is 1.99. The molecule has 0 bridgehead atoms. The number of aryl methyl sites for hydroxylation is 1. The van der Waals surface area contributed by atoms with E-state index < -0.39 is 9.84 Å². The van der Waals surface area contributed by atoms with E-state index in [1.54, 1.807) is 16.0 Å². The van der Waals surface area contributed by atoms with Crippen molar-refractivity contribution in [3.05, 3.63) is 38.8 Å². The summed E-state index contributed by atoms with van der Waals surface area (Å²) in [6, 6.07) is 2.37. The predicted molar refractivity (Wildman–Crippen MR) is 122 cm³/mol. The van der Waals surface area contributed by atoms with Gasteiger partial charge in [0.2, 0.25) is 0 Å². The molecule has 7 nitrogen and oxygen atoms in total. The maximum Gasteiger partial charge on any atom is 0.149 e. The van der Waals surface area contributed by atoms with Gasteiger partial charge in [-0.05, 0) is 32.8 Å². The number of hydrogen-bond acceptors (Lipinski definition) is 7. The highest BCUT2D eigenvalue weighted by Gasteiger charge is 2.47. The second-order valence-corrected chi connectivity index (χ2v) is 12.5. The van der Waals surface area contributed by atoms with Crippen LogP contribution in [0.1, 0.15) is 48.8 Å². The molecule has 0 saturated carbocycles. The van der Waals surface area contributed by atoms with Gasteiger partial charge >= 0.3 is 0 Å². The molecule has 0 N–H and O–H groups in total. The fraction of sp³-hybridized carbons (Fsp3) is 0.667. The average molecular weight is 488 g/mol. The summed E-state index contributed by atoms with van der Waals surface area (Å²) in [5.74, 6) is 0.0997. The minimum absolute atomic E-state index is 0.0412. The highest BCUT2D eigenvalue weighted by Crippen LogP contribution is 2.51. The molecule has 2 aliphatic rings. The number of rotatable bonds is 7. The number of aromatic nitrogens is 2. The van der Waals surface area contributed by atoms with E-state index in [-0.39, 0.29) is 17.5 Å². The van der Waals surface area contributed by atoms with Crippen molar-refractivity contribution in [2.75, 3.05) is 31.8 Å². The number of likely N-dealkylation sites (tertiary alicyclic amines) is 1. The van der Waals surface area contributed by atoms with Crippen LogP contribution in [-0.2, 0) is 38.0 Å². The van der Waals surface area contributed by atoms with Gasteiger partial charge in [0.1, 0.15) is 21.5 Å². The zero-order valence-corrected chi connectivity index (χ0v) is 20.6. The Bertz CT molecular complexity index is 1020. The molecule has 4 heterocycles. The lowest BCUT2D eigenvalue weighted by atomic mass is 9.81. The highest BCUT2D eigenvalue weighted by atomic mass is 35.5. The Hall–Kier alpha value is -0.970. The predicted octanol–water partition coefficient (Wildman–Crippen LogP) is 3.63. The van der Waals surface area contributed by atoms with E-state index in [0.717, 1.165) is 35.8 Å². The maximum absolute atomic E-state index is 11.4. The van der Waals surface area contributed by atoms with Crippen LogP contribution in [0.3, 0.4) is 0 Å². The van der Waals surface area contributed by atoms with Gasteiger partial charge < -0.3 is 9.47 Å². The van der Waals surface area contributed by atoms with E-state index in [1.165, 1.54) is 16.7 Å². The fourth-order valence-electron chi connectivity index (χ4n) is 4.63. The number of halogens is 1. The first-order valence-electron chi connectivity index (χ1n) is 10.7. The Labute approximate surface area is 193 Å². The summed E-state index contributed by atoms with van der Waals surface area (Å²) in [7, 11) is -3.00. The zero-order chi connectivity index (χ0) is 22.2. The minimum Gasteiger partial charge on any atom is -0.371 e. The van der Waals surface area contributed by atoms with E-state index in [9.17, 15) is 8.42 Å². The molecule has 2 aromatic heterocycles. The van der Waals surface area contributed by atoms with Crippen LogP contribution in [0.15, 0.2) is 18.5 Å². The van der Waals surface area contributed by atoms with Gasteiger partial charge in [-0.2, -0.15) is 5.10 Å². The summed E-state index contributed by atoms with van der Waals surface area (Å²) in [4.78, 5) is 3.66. The first-order chi connectivity index (χ1) is 14.7. The summed E-state index contributed by atoms with van der Waals surface area (Å²) in [6.07, 6.45) is 6.79. The van der Waals surface area contributed by atoms with Gasteiger partial charge in [0.15, 0.2) is 0 Å². The fourth-order valence-corrected chi connectivity index (χ4v) is 6.62. The number of nitrogens with zero attached hydrogens (tertiary/aromatic N) is 3. The van der Waals surface area contributed by atoms with E-state index in [2.05, 4.69) is 16.9 Å². The lowest BCUT2D eigenvalue weighted by Gasteiger charge is -2.48. The molecular weight excluding hydrogens is 458 g/mol. The van der Waals surface area contributed by atoms with Crippen LogP contribution in [-0.4, -0.2) is 60.9 Å². The normalized spacial score (nSPS) is 27.0. The third kappa shape index (κ3) is 5.17. The third-order valence-corrected chi connectivity index (χ3v) is 8.57. The molecule has 1 saturated heterocycles. The van der Waals surface area contributed by atoms with E-state index in [1.807, 2.05) is 25.4 Å². The zero-order valence-electron chi connectivity index (χ0n) is 18.2. The van der Waals surface area contributed by atoms with Gasteiger partial charge in [0.05, 0.1) is 29.4 Å². The average Bonchev–Trinajstić information content (AvgIpc) is 3.31. The standard InChI is InChI=1S/C21H30ClN3O4S2/c1-4-28-18-14-29-21(20-17(18)9-19(22)30-20)5-6-24(15(2)10-21)12-16-11-23-25(13-16)7-8-31(3,26)27/h9,11,13,15,18H,4-8,10,12,14H2,1-3H3/t15-,18?,21+/m0/s1. The molecule has 1 spiro atoms. The minimum atomic E-state index is -3.00. The molecule has 0 aliphatic carbocycles. The van der Waals surface area contributed by atoms with E-state index in [4.69, 9.17) is 21.1 Å². The summed E-state index contributed by atoms with van der Waals surface area (Å²) < 4.78 is 37.6. The second-order valence-electron chi connectivity index (χ2n) is 8.60. The Balaban J connectivity index is 1.43. The van der Waals surface area contributed by atoms with Crippen LogP contribution in [0, 0.1) is 0 Å². The number of fused-ring (bicyclic) bond motifs is 2. The Morgan fingerprint density at radius 1 is 1.45 bits per heavy atom. The van der Waals surface area contributed by atoms with Crippen LogP contribution in [0.2, 0.25) is 4.34 Å². The summed E-state index contributed by atoms with van der Waals surface area (Å²) >= 11 is 8.02. The van der Waals surface area contributed by atoms with Gasteiger partial charge in [-0.25, -0.2) is 8.42 Å². The molecular formula is C21H30ClN3O4S2. The lowest BCUT2D eigenvalue weighted by molar-refractivity contribution is -0.149. The molecule has 0 amide bonds. The van der Waals surface area contributed by atoms with Crippen molar-refractivity contribution >= 4 is 32.8 Å². The lowest BCUT2D eigenvalue weighted by Crippen LogP contribution is -2.50. The van der Waals surface area contributed by atoms with E-state index in [0.29, 0.717) is 25.8 Å². The number of thiophene rings is 1. The maximum atomic E-state index is 11.4. The quantitative estimate of drug-likeness (QED) is 0.593. The van der Waals surface area contributed by atoms with Gasteiger partial charge in [-0.3, -0.25) is 9.58 Å². The first kappa shape index (κ1) is 23.2. The Kier molecular flexibility index (Phi) is 6.82. The molecule has 0 aromatic carbocycles. The van der Waals surface area contributed by atoms with Gasteiger partial charge in [0.25, 0.3) is 0 Å². The van der Waals surface area contributed by atoms with Gasteiger partial charge in [-0.15, -0.1) is 11.3 Å². The van der Waals surface area contributed by atoms with Crippen molar-refractivity contribution in [1.29, 1.82) is 0 Å². The largest absolute Gasteiger partial charge is 0.371 e. The van der Waals surface area contributed by atoms with Crippen LogP contribution >= 0.6 is 22.9 Å². The van der Waals surface area contributed by atoms with Crippen molar-refractivity contribution in [2.24, 2.45) is 0 Å². The van der Waals surface area contributed by atoms with Crippen molar-refractivity contribution in [1.82, 2.24) is 14.7 Å². The van der Waals surface area contributed by atoms with Crippen molar-refractivity contribution < 1.29 is 17.9 Å². The SMILES string of the molecule is CCOC1CO[C@@]2(CCN(Cc3cnn(CCS(C)(=O)=O)c3)[C@@H](C)C2)c2sc(Cl)cc21. The molecule has 2 aromatic rings. The highest BCUT2D eigenvalue weighted by molar-refractivity contribution is 7.90. The molecule has 10 heteroatoms. The first-order valence-corrected chi connectivity index (χ1v) is 13.9. The molecule has 0 radical (unpaired) electrons. The smallest absolute Gasteiger partial charge is 0.149 e. The second kappa shape index (κ2) is 9.11. The molecule has 1 unspecified atom stereocenters. The molecule has 4 rings (SSSR count). The van der Waals surface area contributed by atoms with Crippen LogP contribution in [0.4, 0.5) is 0 Å². The Morgan fingerprint density at radius 3 is 2.97 bits per heavy atom. The van der Waals surface area contributed by atoms with Gasteiger partial charge in [0, 0.05) is 54.2 Å². The topological polar surface area (TPSA) is 73.7 Å². The number of sulfone groups is 1. The summed E-state index contributed by atoms with van der Waals surface area (Å²) in [6.45, 7) is 7.53. The van der Waals surface area contributed by atoms with Crippen LogP contribution in [0.5, 0.6) is 0 Å². The monoisotopic (exact) mass is 487 g/mol. The molecule has 3 atom stereocenters. The van der Waals surface area contributed by atoms with Gasteiger partial charge in [-0.1, -0.05) is 11.6 Å². The Morgan fingerprint density at radius 2 is 2.26 bits per heavy atom. The number of ether oxygens (including phenoxy) is 2. The third-order valence-electron chi connectivity index (χ3n) is 6.19. The van der Waals surface area contributed by atoms with Crippen molar-refractivity contribution in [2.45, 2.75) is 57.5 Å². The van der Waals surface area contributed by atoms with E-state index >= 15 is 0 Å². The van der Waals surface area contributed by atoms with Crippen LogP contribution < -0.4 is 0 Å². The van der Waals surface area contributed by atoms with Crippen molar-refractivity contribution in [3.8, 4) is 0 Å². The molecule has 2 aliphatic heterocycles. The molecule has 1 fully saturated rings. The molecule has 172 valence electrons. The molecule has 31 heavy (non-hydrogen) atoms. The number of piperidine rings is 1. The summed E-state index contributed by atoms with van der Waals surface area (Å²) in [5, 5.41) is 4.33. The number of hydrogen-bond donors (Lipinski definition) is 0. The van der Waals surface area contributed by atoms with Crippen molar-refractivity contribution in [3.63, 3.8) is 0 Å².